The van der Waals surface area contributed by atoms with Crippen LogP contribution in [0.5, 0.6) is 0 Å². The van der Waals surface area contributed by atoms with Crippen LogP contribution in [0.25, 0.3) is 0 Å². The average Bonchev–Trinajstić information content (AvgIpc) is 2.56. The van der Waals surface area contributed by atoms with Gasteiger partial charge < -0.3 is 15.4 Å². The van der Waals surface area contributed by atoms with Gasteiger partial charge in [0.1, 0.15) is 12.4 Å². The normalized spacial score (nSPS) is 19.4. The summed E-state index contributed by atoms with van der Waals surface area (Å²) in [4.78, 5) is 20.2. The molecule has 126 valence electrons. The first-order chi connectivity index (χ1) is 11.7. The van der Waals surface area contributed by atoms with Crippen molar-refractivity contribution >= 4 is 6.09 Å². The Morgan fingerprint density at radius 3 is 2.75 bits per heavy atom. The molecule has 6 heteroatoms. The Morgan fingerprint density at radius 2 is 2.00 bits per heavy atom. The van der Waals surface area contributed by atoms with Crippen LogP contribution in [0.1, 0.15) is 29.9 Å². The van der Waals surface area contributed by atoms with Crippen molar-refractivity contribution in [1.29, 1.82) is 0 Å². The van der Waals surface area contributed by atoms with E-state index in [9.17, 15) is 4.79 Å². The highest BCUT2D eigenvalue weighted by Gasteiger charge is 2.30. The molecular formula is C18H22N4O2. The maximum Gasteiger partial charge on any atom is 0.407 e. The third-order valence-corrected chi connectivity index (χ3v) is 4.08. The molecule has 2 N–H and O–H groups in total. The number of alkyl carbamates (subject to hydrolysis) is 1. The molecule has 1 heterocycles. The highest BCUT2D eigenvalue weighted by atomic mass is 16.5. The number of aromatic nitrogens is 2. The zero-order chi connectivity index (χ0) is 16.8. The topological polar surface area (TPSA) is 76.1 Å². The number of hydrogen-bond acceptors (Lipinski definition) is 5. The van der Waals surface area contributed by atoms with Crippen molar-refractivity contribution in [2.75, 3.05) is 0 Å². The second-order valence-corrected chi connectivity index (χ2v) is 6.05. The van der Waals surface area contributed by atoms with Gasteiger partial charge in [-0.3, -0.25) is 0 Å². The molecule has 0 spiro atoms. The maximum absolute atomic E-state index is 11.8. The van der Waals surface area contributed by atoms with Gasteiger partial charge >= 0.3 is 6.09 Å². The third-order valence-electron chi connectivity index (χ3n) is 4.08. The minimum Gasteiger partial charge on any atom is -0.445 e. The predicted octanol–water partition coefficient (Wildman–Crippen LogP) is 2.33. The Balaban J connectivity index is 1.31. The van der Waals surface area contributed by atoms with Gasteiger partial charge in [0.2, 0.25) is 0 Å². The van der Waals surface area contributed by atoms with E-state index in [1.807, 2.05) is 43.3 Å². The number of hydrogen-bond donors (Lipinski definition) is 2. The van der Waals surface area contributed by atoms with Gasteiger partial charge in [-0.15, -0.1) is 0 Å². The molecule has 1 aromatic carbocycles. The van der Waals surface area contributed by atoms with E-state index in [1.165, 1.54) is 0 Å². The number of carbonyl (C=O) groups excluding carboxylic acids is 1. The van der Waals surface area contributed by atoms with Gasteiger partial charge in [-0.05, 0) is 31.4 Å². The minimum absolute atomic E-state index is 0.179. The van der Waals surface area contributed by atoms with Gasteiger partial charge in [0.05, 0.1) is 5.69 Å². The smallest absolute Gasteiger partial charge is 0.407 e. The van der Waals surface area contributed by atoms with Crippen LogP contribution in [0.4, 0.5) is 4.79 Å². The number of nitrogens with one attached hydrogen (secondary N) is 2. The standard InChI is InChI=1S/C18H22N4O2/c1-13-19-8-7-15(21-13)11-20-16-9-17(10-16)22-18(23)24-12-14-5-3-2-4-6-14/h2-8,16-17,20H,9-12H2,1H3,(H,22,23). The first kappa shape index (κ1) is 16.4. The van der Waals surface area contributed by atoms with Crippen molar-refractivity contribution < 1.29 is 9.53 Å². The van der Waals surface area contributed by atoms with Gasteiger partial charge in [-0.1, -0.05) is 30.3 Å². The number of carbonyl (C=O) groups is 1. The van der Waals surface area contributed by atoms with Gasteiger partial charge in [-0.25, -0.2) is 14.8 Å². The molecule has 0 aliphatic heterocycles. The lowest BCUT2D eigenvalue weighted by atomic mass is 9.87. The molecule has 1 saturated carbocycles. The van der Waals surface area contributed by atoms with Crippen molar-refractivity contribution in [1.82, 2.24) is 20.6 Å². The van der Waals surface area contributed by atoms with E-state index in [1.54, 1.807) is 6.20 Å². The molecule has 1 fully saturated rings. The molecule has 24 heavy (non-hydrogen) atoms. The monoisotopic (exact) mass is 326 g/mol. The van der Waals surface area contributed by atoms with Crippen LogP contribution in [0.15, 0.2) is 42.6 Å². The maximum atomic E-state index is 11.8. The molecule has 1 aliphatic carbocycles. The molecule has 6 nitrogen and oxygen atoms in total. The van der Waals surface area contributed by atoms with Crippen LogP contribution in [-0.4, -0.2) is 28.1 Å². The van der Waals surface area contributed by atoms with E-state index in [4.69, 9.17) is 4.74 Å². The van der Waals surface area contributed by atoms with Crippen LogP contribution in [0, 0.1) is 6.92 Å². The number of amides is 1. The lowest BCUT2D eigenvalue weighted by Crippen LogP contribution is -2.52. The van der Waals surface area contributed by atoms with Crippen molar-refractivity contribution in [3.05, 3.63) is 59.7 Å². The van der Waals surface area contributed by atoms with Crippen LogP contribution in [-0.2, 0) is 17.9 Å². The molecule has 1 aromatic heterocycles. The summed E-state index contributed by atoms with van der Waals surface area (Å²) >= 11 is 0. The number of nitrogens with zero attached hydrogens (tertiary/aromatic N) is 2. The molecule has 0 saturated heterocycles. The number of benzene rings is 1. The van der Waals surface area contributed by atoms with Crippen LogP contribution in [0.3, 0.4) is 0 Å². The summed E-state index contributed by atoms with van der Waals surface area (Å²) in [6.07, 6.45) is 3.23. The molecule has 2 aromatic rings. The van der Waals surface area contributed by atoms with E-state index in [0.29, 0.717) is 12.6 Å². The van der Waals surface area contributed by atoms with Crippen molar-refractivity contribution in [2.24, 2.45) is 0 Å². The quantitative estimate of drug-likeness (QED) is 0.852. The first-order valence-electron chi connectivity index (χ1n) is 8.18. The van der Waals surface area contributed by atoms with Gasteiger partial charge in [0.25, 0.3) is 0 Å². The molecule has 0 bridgehead atoms. The van der Waals surface area contributed by atoms with Crippen LogP contribution >= 0.6 is 0 Å². The number of aryl methyl sites for hydroxylation is 1. The molecule has 3 rings (SSSR count). The van der Waals surface area contributed by atoms with Gasteiger partial charge in [0.15, 0.2) is 0 Å². The van der Waals surface area contributed by atoms with Gasteiger partial charge in [0, 0.05) is 24.8 Å². The fourth-order valence-corrected chi connectivity index (χ4v) is 2.69. The van der Waals surface area contributed by atoms with E-state index in [0.717, 1.165) is 36.5 Å². The highest BCUT2D eigenvalue weighted by Crippen LogP contribution is 2.20. The van der Waals surface area contributed by atoms with E-state index >= 15 is 0 Å². The zero-order valence-electron chi connectivity index (χ0n) is 13.7. The Bertz CT molecular complexity index is 672. The number of rotatable bonds is 6. The molecule has 1 aliphatic rings. The second-order valence-electron chi connectivity index (χ2n) is 6.05. The SMILES string of the molecule is Cc1nccc(CNC2CC(NC(=O)OCc3ccccc3)C2)n1. The Morgan fingerprint density at radius 1 is 1.21 bits per heavy atom. The third kappa shape index (κ3) is 4.76. The van der Waals surface area contributed by atoms with Crippen molar-refractivity contribution in [2.45, 2.75) is 45.0 Å². The summed E-state index contributed by atoms with van der Waals surface area (Å²) < 4.78 is 5.22. The lowest BCUT2D eigenvalue weighted by molar-refractivity contribution is 0.125. The highest BCUT2D eigenvalue weighted by molar-refractivity contribution is 5.67. The Hall–Kier alpha value is -2.47. The lowest BCUT2D eigenvalue weighted by Gasteiger charge is -2.36. The van der Waals surface area contributed by atoms with Crippen molar-refractivity contribution in [3.63, 3.8) is 0 Å². The molecule has 0 unspecified atom stereocenters. The largest absolute Gasteiger partial charge is 0.445 e. The summed E-state index contributed by atoms with van der Waals surface area (Å²) in [5.41, 5.74) is 1.97. The Kier molecular flexibility index (Phi) is 5.38. The minimum atomic E-state index is -0.353. The van der Waals surface area contributed by atoms with E-state index in [2.05, 4.69) is 20.6 Å². The van der Waals surface area contributed by atoms with Gasteiger partial charge in [-0.2, -0.15) is 0 Å². The molecule has 0 atom stereocenters. The van der Waals surface area contributed by atoms with Crippen LogP contribution in [0.2, 0.25) is 0 Å². The summed E-state index contributed by atoms with van der Waals surface area (Å²) in [7, 11) is 0. The first-order valence-corrected chi connectivity index (χ1v) is 8.18. The van der Waals surface area contributed by atoms with E-state index < -0.39 is 0 Å². The van der Waals surface area contributed by atoms with Crippen molar-refractivity contribution in [3.8, 4) is 0 Å². The summed E-state index contributed by atoms with van der Waals surface area (Å²) in [5, 5.41) is 6.34. The fourth-order valence-electron chi connectivity index (χ4n) is 2.69. The molecular weight excluding hydrogens is 304 g/mol. The zero-order valence-corrected chi connectivity index (χ0v) is 13.7. The summed E-state index contributed by atoms with van der Waals surface area (Å²) in [6.45, 7) is 2.90. The second kappa shape index (κ2) is 7.88. The predicted molar refractivity (Wildman–Crippen MR) is 90.2 cm³/mol. The Labute approximate surface area is 141 Å². The number of ether oxygens (including phenoxy) is 1. The summed E-state index contributed by atoms with van der Waals surface area (Å²) in [5.74, 6) is 0.781. The fraction of sp³-hybridized carbons (Fsp3) is 0.389. The van der Waals surface area contributed by atoms with E-state index in [-0.39, 0.29) is 12.1 Å². The summed E-state index contributed by atoms with van der Waals surface area (Å²) in [6, 6.07) is 12.2. The average molecular weight is 326 g/mol. The molecule has 0 radical (unpaired) electrons. The van der Waals surface area contributed by atoms with Crippen LogP contribution < -0.4 is 10.6 Å². The molecule has 1 amide bonds.